The van der Waals surface area contributed by atoms with E-state index in [1.54, 1.807) is 4.57 Å². The summed E-state index contributed by atoms with van der Waals surface area (Å²) >= 11 is 0. The average molecular weight is 332 g/mol. The molecule has 128 valence electrons. The van der Waals surface area contributed by atoms with Crippen LogP contribution in [0, 0.1) is 5.92 Å². The predicted octanol–water partition coefficient (Wildman–Crippen LogP) is 1.26. The number of carbonyl (C=O) groups is 2. The highest BCUT2D eigenvalue weighted by Crippen LogP contribution is 2.23. The van der Waals surface area contributed by atoms with Crippen molar-refractivity contribution >= 4 is 11.8 Å². The van der Waals surface area contributed by atoms with Crippen molar-refractivity contribution in [1.29, 1.82) is 0 Å². The van der Waals surface area contributed by atoms with Crippen molar-refractivity contribution in [1.82, 2.24) is 20.2 Å². The lowest BCUT2D eigenvalue weighted by molar-refractivity contribution is -0.126. The van der Waals surface area contributed by atoms with Gasteiger partial charge >= 0.3 is 6.18 Å². The zero-order valence-electron chi connectivity index (χ0n) is 12.9. The Bertz CT molecular complexity index is 595. The van der Waals surface area contributed by atoms with Gasteiger partial charge in [-0.1, -0.05) is 0 Å². The Labute approximate surface area is 131 Å². The van der Waals surface area contributed by atoms with E-state index in [1.807, 2.05) is 19.2 Å². The minimum atomic E-state index is -4.46. The van der Waals surface area contributed by atoms with Gasteiger partial charge in [-0.15, -0.1) is 0 Å². The van der Waals surface area contributed by atoms with Gasteiger partial charge in [-0.3, -0.25) is 9.59 Å². The van der Waals surface area contributed by atoms with Gasteiger partial charge in [0.25, 0.3) is 5.91 Å². The summed E-state index contributed by atoms with van der Waals surface area (Å²) in [5, 5.41) is 4.65. The van der Waals surface area contributed by atoms with Gasteiger partial charge in [-0.05, 0) is 26.7 Å². The van der Waals surface area contributed by atoms with Crippen molar-refractivity contribution in [3.8, 4) is 0 Å². The molecule has 1 aromatic heterocycles. The Kier molecular flexibility index (Phi) is 4.96. The van der Waals surface area contributed by atoms with Gasteiger partial charge in [0.05, 0.1) is 17.9 Å². The molecule has 2 amide bonds. The highest BCUT2D eigenvalue weighted by molar-refractivity contribution is 5.93. The number of nitrogens with zero attached hydrogens (tertiary/aromatic N) is 2. The van der Waals surface area contributed by atoms with Gasteiger partial charge in [0, 0.05) is 12.6 Å². The normalized spacial score (nSPS) is 17.7. The first-order valence-corrected chi connectivity index (χ1v) is 7.36. The second-order valence-corrected chi connectivity index (χ2v) is 5.89. The number of hydrogen-bond donors (Lipinski definition) is 2. The second-order valence-electron chi connectivity index (χ2n) is 5.89. The molecular formula is C14H19F3N4O2. The van der Waals surface area contributed by atoms with E-state index >= 15 is 0 Å². The molecule has 0 saturated heterocycles. The molecule has 1 aromatic rings. The number of hydrogen-bond acceptors (Lipinski definition) is 3. The Hall–Kier alpha value is -2.06. The molecule has 0 saturated carbocycles. The number of carbonyl (C=O) groups excluding carboxylic acids is 2. The van der Waals surface area contributed by atoms with Crippen LogP contribution < -0.4 is 10.6 Å². The summed E-state index contributed by atoms with van der Waals surface area (Å²) in [4.78, 5) is 27.7. The molecule has 1 aliphatic heterocycles. The first kappa shape index (κ1) is 17.3. The van der Waals surface area contributed by atoms with Crippen molar-refractivity contribution in [2.45, 2.75) is 45.5 Å². The van der Waals surface area contributed by atoms with E-state index in [9.17, 15) is 22.8 Å². The highest BCUT2D eigenvalue weighted by Gasteiger charge is 2.31. The Morgan fingerprint density at radius 3 is 2.74 bits per heavy atom. The van der Waals surface area contributed by atoms with Crippen LogP contribution in [-0.2, 0) is 17.8 Å². The molecule has 0 fully saturated rings. The summed E-state index contributed by atoms with van der Waals surface area (Å²) in [6.45, 7) is 2.71. The van der Waals surface area contributed by atoms with Crippen LogP contribution in [0.15, 0.2) is 6.33 Å². The molecule has 0 spiro atoms. The van der Waals surface area contributed by atoms with Crippen LogP contribution in [0.4, 0.5) is 13.2 Å². The van der Waals surface area contributed by atoms with Crippen LogP contribution in [-0.4, -0.2) is 40.1 Å². The Balaban J connectivity index is 2.03. The molecule has 0 aliphatic carbocycles. The lowest BCUT2D eigenvalue weighted by Gasteiger charge is -2.24. The molecule has 0 aromatic carbocycles. The molecule has 1 aliphatic rings. The van der Waals surface area contributed by atoms with Crippen molar-refractivity contribution in [3.05, 3.63) is 17.7 Å². The topological polar surface area (TPSA) is 76.0 Å². The first-order chi connectivity index (χ1) is 10.7. The van der Waals surface area contributed by atoms with E-state index in [0.29, 0.717) is 25.1 Å². The largest absolute Gasteiger partial charge is 0.405 e. The fourth-order valence-electron chi connectivity index (χ4n) is 2.54. The second kappa shape index (κ2) is 6.59. The van der Waals surface area contributed by atoms with E-state index in [-0.39, 0.29) is 23.6 Å². The Morgan fingerprint density at radius 1 is 1.43 bits per heavy atom. The summed E-state index contributed by atoms with van der Waals surface area (Å²) in [5.74, 6) is -1.14. The predicted molar refractivity (Wildman–Crippen MR) is 75.7 cm³/mol. The number of rotatable bonds is 4. The molecule has 9 heteroatoms. The molecule has 1 atom stereocenters. The van der Waals surface area contributed by atoms with Crippen LogP contribution in [0.1, 0.15) is 36.5 Å². The third kappa shape index (κ3) is 4.46. The maximum atomic E-state index is 12.2. The quantitative estimate of drug-likeness (QED) is 0.872. The lowest BCUT2D eigenvalue weighted by atomic mass is 9.96. The van der Waals surface area contributed by atoms with Crippen LogP contribution in [0.25, 0.3) is 0 Å². The highest BCUT2D eigenvalue weighted by atomic mass is 19.4. The van der Waals surface area contributed by atoms with Crippen LogP contribution >= 0.6 is 0 Å². The molecule has 6 nitrogen and oxygen atoms in total. The van der Waals surface area contributed by atoms with E-state index < -0.39 is 18.6 Å². The average Bonchev–Trinajstić information content (AvgIpc) is 2.86. The smallest absolute Gasteiger partial charge is 0.354 e. The van der Waals surface area contributed by atoms with E-state index in [2.05, 4.69) is 10.3 Å². The zero-order chi connectivity index (χ0) is 17.2. The van der Waals surface area contributed by atoms with Crippen molar-refractivity contribution in [2.75, 3.05) is 6.54 Å². The van der Waals surface area contributed by atoms with Gasteiger partial charge in [0.1, 0.15) is 12.2 Å². The number of aromatic nitrogens is 2. The van der Waals surface area contributed by atoms with Crippen LogP contribution in [0.2, 0.25) is 0 Å². The molecule has 0 radical (unpaired) electrons. The van der Waals surface area contributed by atoms with Crippen LogP contribution in [0.5, 0.6) is 0 Å². The maximum absolute atomic E-state index is 12.2. The minimum absolute atomic E-state index is 0.00281. The maximum Gasteiger partial charge on any atom is 0.405 e. The summed E-state index contributed by atoms with van der Waals surface area (Å²) in [6, 6.07) is 0.0374. The van der Waals surface area contributed by atoms with Gasteiger partial charge in [-0.2, -0.15) is 13.2 Å². The van der Waals surface area contributed by atoms with Gasteiger partial charge < -0.3 is 15.2 Å². The summed E-state index contributed by atoms with van der Waals surface area (Å²) in [7, 11) is 0. The third-order valence-electron chi connectivity index (χ3n) is 3.56. The minimum Gasteiger partial charge on any atom is -0.354 e. The van der Waals surface area contributed by atoms with Crippen molar-refractivity contribution < 1.29 is 22.8 Å². The number of nitrogens with one attached hydrogen (secondary N) is 2. The summed E-state index contributed by atoms with van der Waals surface area (Å²) in [5.41, 5.74) is 0.565. The van der Waals surface area contributed by atoms with Gasteiger partial charge in [-0.25, -0.2) is 4.98 Å². The fraction of sp³-hybridized carbons (Fsp3) is 0.643. The van der Waals surface area contributed by atoms with Crippen LogP contribution in [0.3, 0.4) is 0 Å². The standard InChI is InChI=1S/C14H19F3N4O2/c1-8(2)20-12(22)9-3-4-10-11(19-7-21(10)5-9)13(23)18-6-14(15,16)17/h7-9H,3-6H2,1-2H3,(H,18,23)(H,20,22). The number of alkyl halides is 3. The molecule has 1 unspecified atom stereocenters. The van der Waals surface area contributed by atoms with Gasteiger partial charge in [0.15, 0.2) is 0 Å². The third-order valence-corrected chi connectivity index (χ3v) is 3.56. The SMILES string of the molecule is CC(C)NC(=O)C1CCc2c(C(=O)NCC(F)(F)F)ncn2C1. The molecule has 0 bridgehead atoms. The molecule has 2 rings (SSSR count). The van der Waals surface area contributed by atoms with Crippen molar-refractivity contribution in [3.63, 3.8) is 0 Å². The van der Waals surface area contributed by atoms with E-state index in [0.717, 1.165) is 0 Å². The molecule has 23 heavy (non-hydrogen) atoms. The number of fused-ring (bicyclic) bond motifs is 1. The summed E-state index contributed by atoms with van der Waals surface area (Å²) in [6.07, 6.45) is -2.11. The molecule has 2 N–H and O–H groups in total. The van der Waals surface area contributed by atoms with E-state index in [1.165, 1.54) is 6.33 Å². The Morgan fingerprint density at radius 2 is 2.13 bits per heavy atom. The summed E-state index contributed by atoms with van der Waals surface area (Å²) < 4.78 is 38.1. The number of halogens is 3. The molecular weight excluding hydrogens is 313 g/mol. The first-order valence-electron chi connectivity index (χ1n) is 7.36. The van der Waals surface area contributed by atoms with Crippen molar-refractivity contribution in [2.24, 2.45) is 5.92 Å². The molecule has 2 heterocycles. The number of imidazole rings is 1. The zero-order valence-corrected chi connectivity index (χ0v) is 12.9. The van der Waals surface area contributed by atoms with E-state index in [4.69, 9.17) is 0 Å². The van der Waals surface area contributed by atoms with Gasteiger partial charge in [0.2, 0.25) is 5.91 Å². The lowest BCUT2D eigenvalue weighted by Crippen LogP contribution is -2.39. The fourth-order valence-corrected chi connectivity index (χ4v) is 2.54. The number of amides is 2. The monoisotopic (exact) mass is 332 g/mol.